The highest BCUT2D eigenvalue weighted by Gasteiger charge is 2.26. The van der Waals surface area contributed by atoms with E-state index in [9.17, 15) is 0 Å². The number of anilines is 1. The monoisotopic (exact) mass is 310 g/mol. The van der Waals surface area contributed by atoms with Crippen LogP contribution in [0.5, 0.6) is 0 Å². The summed E-state index contributed by atoms with van der Waals surface area (Å²) >= 11 is 3.59. The largest absolute Gasteiger partial charge is 0.353 e. The molecule has 0 spiro atoms. The van der Waals surface area contributed by atoms with Gasteiger partial charge < -0.3 is 10.2 Å². The summed E-state index contributed by atoms with van der Waals surface area (Å²) in [5.41, 5.74) is 0. The summed E-state index contributed by atoms with van der Waals surface area (Å²) < 4.78 is 1.10. The predicted octanol–water partition coefficient (Wildman–Crippen LogP) is 1.33. The Morgan fingerprint density at radius 1 is 1.28 bits per heavy atom. The number of halogens is 1. The summed E-state index contributed by atoms with van der Waals surface area (Å²) in [5, 5.41) is 3.45. The van der Waals surface area contributed by atoms with Gasteiger partial charge in [-0.3, -0.25) is 4.90 Å². The minimum absolute atomic E-state index is 0.749. The predicted molar refractivity (Wildman–Crippen MR) is 77.0 cm³/mol. The average molecular weight is 311 g/mol. The molecule has 0 bridgehead atoms. The van der Waals surface area contributed by atoms with Gasteiger partial charge in [0, 0.05) is 45.0 Å². The number of hydrogen-bond acceptors (Lipinski definition) is 4. The first-order chi connectivity index (χ1) is 8.84. The molecule has 1 N–H and O–H groups in total. The van der Waals surface area contributed by atoms with Crippen molar-refractivity contribution in [2.24, 2.45) is 0 Å². The van der Waals surface area contributed by atoms with Crippen LogP contribution in [0.3, 0.4) is 0 Å². The highest BCUT2D eigenvalue weighted by Crippen LogP contribution is 2.24. The quantitative estimate of drug-likeness (QED) is 0.893. The highest BCUT2D eigenvalue weighted by molar-refractivity contribution is 9.10. The molecule has 0 radical (unpaired) electrons. The van der Waals surface area contributed by atoms with E-state index >= 15 is 0 Å². The zero-order valence-electron chi connectivity index (χ0n) is 10.5. The summed E-state index contributed by atoms with van der Waals surface area (Å²) in [6.45, 7) is 6.78. The Morgan fingerprint density at radius 2 is 2.11 bits per heavy atom. The standard InChI is InChI=1S/C13H19BrN4/c14-12-2-1-4-16-13(12)18-8-6-17(7-9-18)11-3-5-15-10-11/h1-2,4,11,15H,3,5-10H2. The summed E-state index contributed by atoms with van der Waals surface area (Å²) in [4.78, 5) is 9.47. The van der Waals surface area contributed by atoms with Crippen LogP contribution in [-0.2, 0) is 0 Å². The second kappa shape index (κ2) is 5.55. The van der Waals surface area contributed by atoms with Crippen LogP contribution in [0.1, 0.15) is 6.42 Å². The van der Waals surface area contributed by atoms with Crippen molar-refractivity contribution in [1.29, 1.82) is 0 Å². The maximum Gasteiger partial charge on any atom is 0.142 e. The Morgan fingerprint density at radius 3 is 2.78 bits per heavy atom. The molecule has 2 aliphatic rings. The second-order valence-corrected chi connectivity index (χ2v) is 5.83. The summed E-state index contributed by atoms with van der Waals surface area (Å²) in [7, 11) is 0. The molecule has 1 aromatic rings. The van der Waals surface area contributed by atoms with Crippen LogP contribution < -0.4 is 10.2 Å². The minimum Gasteiger partial charge on any atom is -0.353 e. The van der Waals surface area contributed by atoms with Crippen LogP contribution in [0, 0.1) is 0 Å². The molecule has 3 rings (SSSR count). The Labute approximate surface area is 116 Å². The lowest BCUT2D eigenvalue weighted by atomic mass is 10.2. The van der Waals surface area contributed by atoms with E-state index in [0.29, 0.717) is 0 Å². The van der Waals surface area contributed by atoms with Crippen molar-refractivity contribution in [3.8, 4) is 0 Å². The fourth-order valence-electron chi connectivity index (χ4n) is 2.86. The molecule has 2 fully saturated rings. The molecule has 2 saturated heterocycles. The third-order valence-electron chi connectivity index (χ3n) is 3.90. The van der Waals surface area contributed by atoms with Crippen LogP contribution >= 0.6 is 15.9 Å². The number of nitrogens with zero attached hydrogens (tertiary/aromatic N) is 3. The molecule has 5 heteroatoms. The van der Waals surface area contributed by atoms with Gasteiger partial charge >= 0.3 is 0 Å². The lowest BCUT2D eigenvalue weighted by molar-refractivity contribution is 0.196. The minimum atomic E-state index is 0.749. The molecular formula is C13H19BrN4. The van der Waals surface area contributed by atoms with Gasteiger partial charge in [-0.15, -0.1) is 0 Å². The SMILES string of the molecule is Brc1cccnc1N1CCN(C2CCNC2)CC1. The Balaban J connectivity index is 1.61. The lowest BCUT2D eigenvalue weighted by Gasteiger charge is -2.38. The number of pyridine rings is 1. The number of hydrogen-bond donors (Lipinski definition) is 1. The molecule has 18 heavy (non-hydrogen) atoms. The molecule has 1 aromatic heterocycles. The Bertz CT molecular complexity index is 398. The molecule has 2 aliphatic heterocycles. The number of aromatic nitrogens is 1. The van der Waals surface area contributed by atoms with E-state index in [1.807, 2.05) is 12.3 Å². The van der Waals surface area contributed by atoms with Gasteiger partial charge in [-0.2, -0.15) is 0 Å². The van der Waals surface area contributed by atoms with Gasteiger partial charge in [0.2, 0.25) is 0 Å². The molecule has 1 atom stereocenters. The van der Waals surface area contributed by atoms with Gasteiger partial charge in [-0.05, 0) is 41.0 Å². The smallest absolute Gasteiger partial charge is 0.142 e. The average Bonchev–Trinajstić information content (AvgIpc) is 2.94. The molecule has 0 aliphatic carbocycles. The second-order valence-electron chi connectivity index (χ2n) is 4.98. The van der Waals surface area contributed by atoms with Crippen molar-refractivity contribution in [3.05, 3.63) is 22.8 Å². The van der Waals surface area contributed by atoms with Crippen molar-refractivity contribution in [3.63, 3.8) is 0 Å². The van der Waals surface area contributed by atoms with E-state index in [1.165, 1.54) is 13.0 Å². The molecule has 1 unspecified atom stereocenters. The maximum absolute atomic E-state index is 4.47. The van der Waals surface area contributed by atoms with Crippen LogP contribution in [-0.4, -0.2) is 55.2 Å². The first kappa shape index (κ1) is 12.4. The number of rotatable bonds is 2. The highest BCUT2D eigenvalue weighted by atomic mass is 79.9. The van der Waals surface area contributed by atoms with Gasteiger partial charge in [0.05, 0.1) is 4.47 Å². The zero-order valence-corrected chi connectivity index (χ0v) is 12.1. The van der Waals surface area contributed by atoms with Gasteiger partial charge in [0.1, 0.15) is 5.82 Å². The van der Waals surface area contributed by atoms with Crippen LogP contribution in [0.4, 0.5) is 5.82 Å². The van der Waals surface area contributed by atoms with E-state index in [0.717, 1.165) is 49.1 Å². The van der Waals surface area contributed by atoms with Crippen molar-refractivity contribution in [2.45, 2.75) is 12.5 Å². The fraction of sp³-hybridized carbons (Fsp3) is 0.615. The number of nitrogens with one attached hydrogen (secondary N) is 1. The normalized spacial score (nSPS) is 25.6. The Hall–Kier alpha value is -0.650. The van der Waals surface area contributed by atoms with Gasteiger partial charge in [-0.25, -0.2) is 4.98 Å². The first-order valence-corrected chi connectivity index (χ1v) is 7.44. The molecule has 98 valence electrons. The fourth-order valence-corrected chi connectivity index (χ4v) is 3.37. The van der Waals surface area contributed by atoms with Crippen molar-refractivity contribution >= 4 is 21.7 Å². The van der Waals surface area contributed by atoms with E-state index in [2.05, 4.69) is 42.1 Å². The van der Waals surface area contributed by atoms with Crippen molar-refractivity contribution < 1.29 is 0 Å². The summed E-state index contributed by atoms with van der Waals surface area (Å²) in [5.74, 6) is 1.08. The molecule has 0 saturated carbocycles. The van der Waals surface area contributed by atoms with Gasteiger partial charge in [-0.1, -0.05) is 0 Å². The lowest BCUT2D eigenvalue weighted by Crippen LogP contribution is -2.51. The summed E-state index contributed by atoms with van der Waals surface area (Å²) in [6.07, 6.45) is 3.17. The van der Waals surface area contributed by atoms with Crippen LogP contribution in [0.25, 0.3) is 0 Å². The summed E-state index contributed by atoms with van der Waals surface area (Å²) in [6, 6.07) is 4.78. The van der Waals surface area contributed by atoms with E-state index in [-0.39, 0.29) is 0 Å². The molecule has 0 amide bonds. The van der Waals surface area contributed by atoms with Gasteiger partial charge in [0.25, 0.3) is 0 Å². The molecule has 0 aromatic carbocycles. The van der Waals surface area contributed by atoms with Crippen molar-refractivity contribution in [2.75, 3.05) is 44.2 Å². The molecule has 4 nitrogen and oxygen atoms in total. The van der Waals surface area contributed by atoms with E-state index in [4.69, 9.17) is 0 Å². The van der Waals surface area contributed by atoms with Gasteiger partial charge in [0.15, 0.2) is 0 Å². The zero-order chi connectivity index (χ0) is 12.4. The topological polar surface area (TPSA) is 31.4 Å². The molecular weight excluding hydrogens is 292 g/mol. The molecule has 3 heterocycles. The first-order valence-electron chi connectivity index (χ1n) is 6.65. The third kappa shape index (κ3) is 2.53. The van der Waals surface area contributed by atoms with Crippen LogP contribution in [0.15, 0.2) is 22.8 Å². The van der Waals surface area contributed by atoms with Crippen LogP contribution in [0.2, 0.25) is 0 Å². The third-order valence-corrected chi connectivity index (χ3v) is 4.52. The van der Waals surface area contributed by atoms with E-state index in [1.54, 1.807) is 0 Å². The van der Waals surface area contributed by atoms with Crippen molar-refractivity contribution in [1.82, 2.24) is 15.2 Å². The Kier molecular flexibility index (Phi) is 3.82. The number of piperazine rings is 1. The van der Waals surface area contributed by atoms with E-state index < -0.39 is 0 Å². The maximum atomic E-state index is 4.47.